The Labute approximate surface area is 134 Å². The first kappa shape index (κ1) is 15.1. The zero-order chi connectivity index (χ0) is 16.8. The fraction of sp³-hybridized carbons (Fsp3) is 0.294. The third-order valence-corrected chi connectivity index (χ3v) is 3.49. The first-order valence-electron chi connectivity index (χ1n) is 7.40. The van der Waals surface area contributed by atoms with Gasteiger partial charge in [0.25, 0.3) is 0 Å². The van der Waals surface area contributed by atoms with Gasteiger partial charge in [0.05, 0.1) is 5.69 Å². The largest absolute Gasteiger partial charge is 0.326 e. The predicted octanol–water partition coefficient (Wildman–Crippen LogP) is 2.18. The monoisotopic (exact) mass is 309 g/mol. The summed E-state index contributed by atoms with van der Waals surface area (Å²) < 4.78 is 1.53. The van der Waals surface area contributed by atoms with Crippen LogP contribution < -0.4 is 10.5 Å². The summed E-state index contributed by atoms with van der Waals surface area (Å²) in [7, 11) is 0. The van der Waals surface area contributed by atoms with Crippen LogP contribution in [-0.4, -0.2) is 25.7 Å². The van der Waals surface area contributed by atoms with Gasteiger partial charge in [-0.3, -0.25) is 4.79 Å². The number of carbonyl (C=O) groups excluding carboxylic acids is 1. The Hall–Kier alpha value is -2.76. The zero-order valence-electron chi connectivity index (χ0n) is 13.7. The standard InChI is InChI=1S/C17H19N5O/c1-10-14(17(3,4)5)20-22-16(10)19-15(21-22)12-7-6-8-13(9-12)18-11(2)23/h6-9H,1H2,2-5H3,(H,18,23). The molecule has 0 aliphatic heterocycles. The molecule has 3 aromatic rings. The second-order valence-electron chi connectivity index (χ2n) is 6.59. The van der Waals surface area contributed by atoms with Crippen LogP contribution in [0, 0.1) is 0 Å². The van der Waals surface area contributed by atoms with Crippen LogP contribution in [0.4, 0.5) is 5.69 Å². The molecule has 0 bridgehead atoms. The van der Waals surface area contributed by atoms with Crippen molar-refractivity contribution in [2.24, 2.45) is 0 Å². The van der Waals surface area contributed by atoms with E-state index in [0.717, 1.165) is 16.5 Å². The van der Waals surface area contributed by atoms with E-state index >= 15 is 0 Å². The van der Waals surface area contributed by atoms with Crippen molar-refractivity contribution >= 4 is 23.8 Å². The lowest BCUT2D eigenvalue weighted by Gasteiger charge is -2.14. The van der Waals surface area contributed by atoms with Crippen LogP contribution in [0.1, 0.15) is 33.4 Å². The topological polar surface area (TPSA) is 72.2 Å². The van der Waals surface area contributed by atoms with Crippen molar-refractivity contribution in [1.82, 2.24) is 19.8 Å². The number of nitrogens with one attached hydrogen (secondary N) is 1. The molecule has 0 radical (unpaired) electrons. The van der Waals surface area contributed by atoms with E-state index in [9.17, 15) is 4.79 Å². The van der Waals surface area contributed by atoms with Gasteiger partial charge in [-0.15, -0.1) is 9.73 Å². The molecule has 3 rings (SSSR count). The van der Waals surface area contributed by atoms with Crippen molar-refractivity contribution in [3.8, 4) is 11.4 Å². The molecule has 6 heteroatoms. The van der Waals surface area contributed by atoms with Gasteiger partial charge >= 0.3 is 0 Å². The Balaban J connectivity index is 2.05. The number of anilines is 1. The van der Waals surface area contributed by atoms with Gasteiger partial charge in [0.2, 0.25) is 5.91 Å². The number of benzene rings is 1. The highest BCUT2D eigenvalue weighted by Crippen LogP contribution is 2.21. The van der Waals surface area contributed by atoms with Crippen molar-refractivity contribution in [2.45, 2.75) is 33.1 Å². The summed E-state index contributed by atoms with van der Waals surface area (Å²) in [4.78, 5) is 15.7. The molecule has 0 atom stereocenters. The summed E-state index contributed by atoms with van der Waals surface area (Å²) in [5.74, 6) is 0.445. The Morgan fingerprint density at radius 3 is 2.61 bits per heavy atom. The minimum atomic E-state index is -0.116. The van der Waals surface area contributed by atoms with Gasteiger partial charge in [-0.25, -0.2) is 4.98 Å². The third-order valence-electron chi connectivity index (χ3n) is 3.49. The minimum absolute atomic E-state index is 0.106. The van der Waals surface area contributed by atoms with E-state index in [1.54, 1.807) is 0 Å². The highest BCUT2D eigenvalue weighted by Gasteiger charge is 2.22. The number of rotatable bonds is 2. The summed E-state index contributed by atoms with van der Waals surface area (Å²) >= 11 is 0. The van der Waals surface area contributed by atoms with Crippen LogP contribution in [0.25, 0.3) is 23.6 Å². The van der Waals surface area contributed by atoms with Gasteiger partial charge in [-0.05, 0) is 12.1 Å². The number of hydrogen-bond acceptors (Lipinski definition) is 4. The number of carbonyl (C=O) groups is 1. The molecule has 0 fully saturated rings. The molecule has 1 amide bonds. The molecule has 0 saturated carbocycles. The van der Waals surface area contributed by atoms with E-state index in [1.807, 2.05) is 24.3 Å². The van der Waals surface area contributed by atoms with Crippen molar-refractivity contribution in [1.29, 1.82) is 0 Å². The van der Waals surface area contributed by atoms with Crippen LogP contribution in [0.15, 0.2) is 24.3 Å². The molecule has 1 aromatic carbocycles. The van der Waals surface area contributed by atoms with E-state index in [0.29, 0.717) is 17.2 Å². The molecule has 6 nitrogen and oxygen atoms in total. The highest BCUT2D eigenvalue weighted by molar-refractivity contribution is 5.89. The van der Waals surface area contributed by atoms with Crippen LogP contribution in [0.5, 0.6) is 0 Å². The molecule has 0 aliphatic rings. The maximum atomic E-state index is 11.2. The summed E-state index contributed by atoms with van der Waals surface area (Å²) in [5.41, 5.74) is 2.98. The Kier molecular flexibility index (Phi) is 3.39. The SMILES string of the molecule is C=c1c(C(C)(C)C)nn2nc(-c3cccc(NC(C)=O)c3)nc12. The van der Waals surface area contributed by atoms with Crippen molar-refractivity contribution in [3.05, 3.63) is 35.2 Å². The molecule has 0 saturated heterocycles. The van der Waals surface area contributed by atoms with Gasteiger partial charge in [0, 0.05) is 28.8 Å². The van der Waals surface area contributed by atoms with E-state index in [4.69, 9.17) is 0 Å². The van der Waals surface area contributed by atoms with E-state index in [-0.39, 0.29) is 11.3 Å². The van der Waals surface area contributed by atoms with Gasteiger partial charge in [-0.2, -0.15) is 5.10 Å². The second kappa shape index (κ2) is 5.15. The molecule has 2 aromatic heterocycles. The average molecular weight is 309 g/mol. The normalized spacial score (nSPS) is 11.8. The maximum absolute atomic E-state index is 11.2. The minimum Gasteiger partial charge on any atom is -0.326 e. The van der Waals surface area contributed by atoms with Crippen molar-refractivity contribution < 1.29 is 4.79 Å². The molecule has 2 heterocycles. The number of nitrogens with zero attached hydrogens (tertiary/aromatic N) is 4. The quantitative estimate of drug-likeness (QED) is 0.787. The van der Waals surface area contributed by atoms with Gasteiger partial charge in [0.15, 0.2) is 11.5 Å². The van der Waals surface area contributed by atoms with Gasteiger partial charge in [-0.1, -0.05) is 39.5 Å². The number of fused-ring (bicyclic) bond motifs is 1. The second-order valence-corrected chi connectivity index (χ2v) is 6.59. The Bertz CT molecular complexity index is 936. The maximum Gasteiger partial charge on any atom is 0.221 e. The zero-order valence-corrected chi connectivity index (χ0v) is 13.7. The van der Waals surface area contributed by atoms with Crippen molar-refractivity contribution in [3.63, 3.8) is 0 Å². The third kappa shape index (κ3) is 2.79. The molecular formula is C17H19N5O. The summed E-state index contributed by atoms with van der Waals surface area (Å²) in [6, 6.07) is 7.41. The first-order valence-corrected chi connectivity index (χ1v) is 7.40. The predicted molar refractivity (Wildman–Crippen MR) is 90.0 cm³/mol. The molecule has 0 unspecified atom stereocenters. The van der Waals surface area contributed by atoms with Crippen molar-refractivity contribution in [2.75, 3.05) is 5.32 Å². The van der Waals surface area contributed by atoms with E-state index in [2.05, 4.69) is 47.8 Å². The average Bonchev–Trinajstić information content (AvgIpc) is 2.98. The first-order chi connectivity index (χ1) is 10.8. The number of aromatic nitrogens is 4. The van der Waals surface area contributed by atoms with Gasteiger partial charge in [0.1, 0.15) is 0 Å². The smallest absolute Gasteiger partial charge is 0.221 e. The fourth-order valence-electron chi connectivity index (χ4n) is 2.49. The fourth-order valence-corrected chi connectivity index (χ4v) is 2.49. The van der Waals surface area contributed by atoms with Crippen LogP contribution in [0.2, 0.25) is 0 Å². The number of amides is 1. The molecule has 118 valence electrons. The van der Waals surface area contributed by atoms with E-state index in [1.165, 1.54) is 11.6 Å². The Morgan fingerprint density at radius 2 is 2.00 bits per heavy atom. The lowest BCUT2D eigenvalue weighted by Crippen LogP contribution is -2.20. The molecule has 1 N–H and O–H groups in total. The molecular weight excluding hydrogens is 290 g/mol. The molecule has 0 aliphatic carbocycles. The van der Waals surface area contributed by atoms with Crippen LogP contribution in [0.3, 0.4) is 0 Å². The van der Waals surface area contributed by atoms with Crippen LogP contribution >= 0.6 is 0 Å². The number of hydrogen-bond donors (Lipinski definition) is 1. The summed E-state index contributed by atoms with van der Waals surface area (Å²) in [6.07, 6.45) is 0. The lowest BCUT2D eigenvalue weighted by atomic mass is 9.91. The molecule has 0 spiro atoms. The van der Waals surface area contributed by atoms with Crippen LogP contribution in [-0.2, 0) is 10.2 Å². The van der Waals surface area contributed by atoms with Gasteiger partial charge < -0.3 is 5.32 Å². The lowest BCUT2D eigenvalue weighted by molar-refractivity contribution is -0.114. The summed E-state index contributed by atoms with van der Waals surface area (Å²) in [5, 5.41) is 12.5. The highest BCUT2D eigenvalue weighted by atomic mass is 16.1. The Morgan fingerprint density at radius 1 is 1.26 bits per heavy atom. The summed E-state index contributed by atoms with van der Waals surface area (Å²) in [6.45, 7) is 11.8. The molecule has 23 heavy (non-hydrogen) atoms. The van der Waals surface area contributed by atoms with E-state index < -0.39 is 0 Å².